The Bertz CT molecular complexity index is 305. The number of carbonyl (C=O) groups excluding carboxylic acids is 3. The number of amides is 4. The van der Waals surface area contributed by atoms with Crippen molar-refractivity contribution in [3.8, 4) is 0 Å². The summed E-state index contributed by atoms with van der Waals surface area (Å²) in [5.41, 5.74) is 4.99. The van der Waals surface area contributed by atoms with Crippen LogP contribution in [0.4, 0.5) is 4.79 Å². The van der Waals surface area contributed by atoms with Gasteiger partial charge in [0.1, 0.15) is 0 Å². The third kappa shape index (κ3) is 2.55. The van der Waals surface area contributed by atoms with Gasteiger partial charge in [-0.1, -0.05) is 13.2 Å². The van der Waals surface area contributed by atoms with Gasteiger partial charge in [-0.15, -0.1) is 0 Å². The Labute approximate surface area is 81.9 Å². The maximum atomic E-state index is 11.3. The van der Waals surface area contributed by atoms with E-state index in [0.29, 0.717) is 4.90 Å². The molecule has 0 aromatic carbocycles. The number of rotatable bonds is 2. The van der Waals surface area contributed by atoms with Crippen molar-refractivity contribution < 1.29 is 14.4 Å². The minimum atomic E-state index is -1.13. The highest BCUT2D eigenvalue weighted by Gasteiger charge is 2.26. The first-order chi connectivity index (χ1) is 6.29. The van der Waals surface area contributed by atoms with Crippen molar-refractivity contribution in [3.63, 3.8) is 0 Å². The molecule has 0 saturated carbocycles. The molecule has 14 heavy (non-hydrogen) atoms. The van der Waals surface area contributed by atoms with E-state index >= 15 is 0 Å². The van der Waals surface area contributed by atoms with Crippen LogP contribution in [-0.2, 0) is 9.59 Å². The minimum Gasteiger partial charge on any atom is -0.351 e. The Hall–Kier alpha value is -1.91. The predicted octanol–water partition coefficient (Wildman–Crippen LogP) is 0.572. The zero-order chi connectivity index (χ0) is 11.5. The van der Waals surface area contributed by atoms with Crippen LogP contribution >= 0.6 is 0 Å². The highest BCUT2D eigenvalue weighted by molar-refractivity contribution is 6.18. The van der Waals surface area contributed by atoms with E-state index in [-0.39, 0.29) is 11.1 Å². The van der Waals surface area contributed by atoms with Crippen LogP contribution in [0.25, 0.3) is 0 Å². The van der Waals surface area contributed by atoms with Gasteiger partial charge in [0.25, 0.3) is 11.8 Å². The fourth-order valence-corrected chi connectivity index (χ4v) is 0.674. The van der Waals surface area contributed by atoms with Gasteiger partial charge >= 0.3 is 6.03 Å². The van der Waals surface area contributed by atoms with Crippen molar-refractivity contribution in [2.75, 3.05) is 0 Å². The molecule has 0 bridgehead atoms. The summed E-state index contributed by atoms with van der Waals surface area (Å²) >= 11 is 0. The Morgan fingerprint density at radius 2 is 1.29 bits per heavy atom. The van der Waals surface area contributed by atoms with Crippen LogP contribution in [0, 0.1) is 0 Å². The number of urea groups is 1. The predicted molar refractivity (Wildman–Crippen MR) is 51.1 cm³/mol. The fourth-order valence-electron chi connectivity index (χ4n) is 0.674. The van der Waals surface area contributed by atoms with E-state index in [4.69, 9.17) is 5.73 Å². The SMILES string of the molecule is C=C(C)C(=O)N(C(N)=O)C(=O)C(=C)C. The molecular formula is C9H12N2O3. The summed E-state index contributed by atoms with van der Waals surface area (Å²) in [6, 6.07) is -1.13. The van der Waals surface area contributed by atoms with Gasteiger partial charge in [-0.2, -0.15) is 4.90 Å². The molecule has 0 aromatic heterocycles. The topological polar surface area (TPSA) is 80.5 Å². The third-order valence-electron chi connectivity index (χ3n) is 1.36. The highest BCUT2D eigenvalue weighted by Crippen LogP contribution is 2.04. The fraction of sp³-hybridized carbons (Fsp3) is 0.222. The largest absolute Gasteiger partial charge is 0.351 e. The summed E-state index contributed by atoms with van der Waals surface area (Å²) in [6.45, 7) is 9.40. The first-order valence-corrected chi connectivity index (χ1v) is 3.78. The van der Waals surface area contributed by atoms with Crippen LogP contribution in [0.3, 0.4) is 0 Å². The second-order valence-electron chi connectivity index (χ2n) is 2.84. The smallest absolute Gasteiger partial charge is 0.328 e. The van der Waals surface area contributed by atoms with Crippen molar-refractivity contribution in [1.82, 2.24) is 4.90 Å². The second-order valence-corrected chi connectivity index (χ2v) is 2.84. The zero-order valence-corrected chi connectivity index (χ0v) is 8.16. The van der Waals surface area contributed by atoms with Gasteiger partial charge in [0.2, 0.25) is 0 Å². The number of nitrogens with two attached hydrogens (primary N) is 1. The summed E-state index contributed by atoms with van der Waals surface area (Å²) < 4.78 is 0. The van der Waals surface area contributed by atoms with Crippen LogP contribution in [0.5, 0.6) is 0 Å². The molecule has 5 heteroatoms. The number of carbonyl (C=O) groups is 3. The molecule has 0 unspecified atom stereocenters. The summed E-state index contributed by atoms with van der Waals surface area (Å²) in [4.78, 5) is 33.7. The van der Waals surface area contributed by atoms with Gasteiger partial charge in [-0.3, -0.25) is 9.59 Å². The number of primary amides is 1. The maximum Gasteiger partial charge on any atom is 0.328 e. The Morgan fingerprint density at radius 3 is 1.43 bits per heavy atom. The van der Waals surface area contributed by atoms with Gasteiger partial charge in [0, 0.05) is 11.1 Å². The number of imide groups is 3. The summed E-state index contributed by atoms with van der Waals surface area (Å²) in [5.74, 6) is -1.63. The molecule has 0 saturated heterocycles. The van der Waals surface area contributed by atoms with Gasteiger partial charge in [0.05, 0.1) is 0 Å². The van der Waals surface area contributed by atoms with Crippen molar-refractivity contribution in [2.24, 2.45) is 5.73 Å². The molecule has 0 aromatic rings. The lowest BCUT2D eigenvalue weighted by Gasteiger charge is -2.16. The second kappa shape index (κ2) is 4.36. The van der Waals surface area contributed by atoms with Gasteiger partial charge in [-0.25, -0.2) is 4.79 Å². The zero-order valence-electron chi connectivity index (χ0n) is 8.16. The molecule has 0 aliphatic rings. The maximum absolute atomic E-state index is 11.3. The van der Waals surface area contributed by atoms with E-state index in [0.717, 1.165) is 0 Å². The normalized spacial score (nSPS) is 9.00. The molecule has 2 N–H and O–H groups in total. The van der Waals surface area contributed by atoms with E-state index in [1.807, 2.05) is 0 Å². The molecule has 0 radical (unpaired) electrons. The molecule has 0 spiro atoms. The van der Waals surface area contributed by atoms with Crippen LogP contribution < -0.4 is 5.73 Å². The van der Waals surface area contributed by atoms with Crippen LogP contribution in [0.15, 0.2) is 24.3 Å². The lowest BCUT2D eigenvalue weighted by molar-refractivity contribution is -0.136. The van der Waals surface area contributed by atoms with E-state index in [9.17, 15) is 14.4 Å². The Balaban J connectivity index is 5.07. The Kier molecular flexibility index (Phi) is 3.77. The third-order valence-corrected chi connectivity index (χ3v) is 1.36. The summed E-state index contributed by atoms with van der Waals surface area (Å²) in [6.07, 6.45) is 0. The lowest BCUT2D eigenvalue weighted by Crippen LogP contribution is -2.45. The average molecular weight is 196 g/mol. The monoisotopic (exact) mass is 196 g/mol. The van der Waals surface area contributed by atoms with E-state index in [2.05, 4.69) is 13.2 Å². The van der Waals surface area contributed by atoms with E-state index in [1.54, 1.807) is 0 Å². The highest BCUT2D eigenvalue weighted by atomic mass is 16.2. The van der Waals surface area contributed by atoms with Crippen LogP contribution in [-0.4, -0.2) is 22.7 Å². The summed E-state index contributed by atoms with van der Waals surface area (Å²) in [5, 5.41) is 0. The van der Waals surface area contributed by atoms with Crippen LogP contribution in [0.2, 0.25) is 0 Å². The van der Waals surface area contributed by atoms with Gasteiger partial charge in [-0.05, 0) is 13.8 Å². The van der Waals surface area contributed by atoms with Crippen LogP contribution in [0.1, 0.15) is 13.8 Å². The number of hydrogen-bond acceptors (Lipinski definition) is 3. The number of hydrogen-bond donors (Lipinski definition) is 1. The standard InChI is InChI=1S/C9H12N2O3/c1-5(2)7(12)11(9(10)14)8(13)6(3)4/h1,3H2,2,4H3,(H2,10,14). The Morgan fingerprint density at radius 1 is 1.00 bits per heavy atom. The quantitative estimate of drug-likeness (QED) is 0.655. The molecule has 0 rings (SSSR count). The molecule has 0 fully saturated rings. The average Bonchev–Trinajstić information content (AvgIpc) is 2.03. The summed E-state index contributed by atoms with van der Waals surface area (Å²) in [7, 11) is 0. The molecule has 4 amide bonds. The van der Waals surface area contributed by atoms with Gasteiger partial charge < -0.3 is 5.73 Å². The first-order valence-electron chi connectivity index (χ1n) is 3.78. The van der Waals surface area contributed by atoms with Crippen molar-refractivity contribution in [3.05, 3.63) is 24.3 Å². The molecule has 5 nitrogen and oxygen atoms in total. The lowest BCUT2D eigenvalue weighted by atomic mass is 10.2. The molecule has 76 valence electrons. The molecular weight excluding hydrogens is 184 g/mol. The van der Waals surface area contributed by atoms with Crippen molar-refractivity contribution in [2.45, 2.75) is 13.8 Å². The van der Waals surface area contributed by atoms with E-state index < -0.39 is 17.8 Å². The van der Waals surface area contributed by atoms with Crippen molar-refractivity contribution in [1.29, 1.82) is 0 Å². The molecule has 0 aliphatic carbocycles. The van der Waals surface area contributed by atoms with E-state index in [1.165, 1.54) is 13.8 Å². The first kappa shape index (κ1) is 12.1. The molecule has 0 atom stereocenters. The van der Waals surface area contributed by atoms with Crippen molar-refractivity contribution >= 4 is 17.8 Å². The molecule has 0 aliphatic heterocycles. The molecule has 0 heterocycles. The minimum absolute atomic E-state index is 0.0541. The number of nitrogens with zero attached hydrogens (tertiary/aromatic N) is 1. The van der Waals surface area contributed by atoms with Gasteiger partial charge in [0.15, 0.2) is 0 Å².